The molecule has 0 saturated heterocycles. The van der Waals surface area contributed by atoms with Crippen molar-refractivity contribution in [2.24, 2.45) is 0 Å². The summed E-state index contributed by atoms with van der Waals surface area (Å²) < 4.78 is 7.67. The number of carboxylic acid groups (broad SMARTS) is 1. The zero-order valence-electron chi connectivity index (χ0n) is 12.9. The molecule has 0 amide bonds. The molecule has 0 aliphatic rings. The molecule has 21 heavy (non-hydrogen) atoms. The molecule has 0 radical (unpaired) electrons. The van der Waals surface area contributed by atoms with Crippen LogP contribution in [0, 0.1) is 6.92 Å². The smallest absolute Gasteiger partial charge is 0.341 e. The maximum atomic E-state index is 11.5. The van der Waals surface area contributed by atoms with E-state index in [4.69, 9.17) is 4.74 Å². The number of hydrogen-bond donors (Lipinski definition) is 1. The van der Waals surface area contributed by atoms with Crippen LogP contribution in [0.15, 0.2) is 6.33 Å². The van der Waals surface area contributed by atoms with Gasteiger partial charge in [0.2, 0.25) is 0 Å². The van der Waals surface area contributed by atoms with Crippen LogP contribution in [0.1, 0.15) is 49.7 Å². The molecule has 6 nitrogen and oxygen atoms in total. The summed E-state index contributed by atoms with van der Waals surface area (Å²) in [6.07, 6.45) is 3.66. The van der Waals surface area contributed by atoms with Gasteiger partial charge in [0.15, 0.2) is 16.9 Å². The number of pyridine rings is 1. The first-order valence-electron chi connectivity index (χ1n) is 7.21. The van der Waals surface area contributed by atoms with Gasteiger partial charge in [-0.1, -0.05) is 13.3 Å². The van der Waals surface area contributed by atoms with Crippen molar-refractivity contribution in [1.82, 2.24) is 14.5 Å². The summed E-state index contributed by atoms with van der Waals surface area (Å²) in [4.78, 5) is 20.2. The van der Waals surface area contributed by atoms with Gasteiger partial charge in [0.05, 0.1) is 18.1 Å². The molecule has 0 bridgehead atoms. The highest BCUT2D eigenvalue weighted by Crippen LogP contribution is 2.31. The van der Waals surface area contributed by atoms with E-state index >= 15 is 0 Å². The Labute approximate surface area is 123 Å². The molecular weight excluding hydrogens is 270 g/mol. The number of hydrogen-bond acceptors (Lipinski definition) is 4. The average Bonchev–Trinajstić information content (AvgIpc) is 2.78. The highest BCUT2D eigenvalue weighted by molar-refractivity contribution is 5.98. The van der Waals surface area contributed by atoms with Gasteiger partial charge in [0.25, 0.3) is 0 Å². The van der Waals surface area contributed by atoms with Crippen molar-refractivity contribution < 1.29 is 14.6 Å². The molecule has 6 heteroatoms. The zero-order valence-corrected chi connectivity index (χ0v) is 12.9. The number of ether oxygens (including phenoxy) is 1. The lowest BCUT2D eigenvalue weighted by atomic mass is 10.1. The highest BCUT2D eigenvalue weighted by Gasteiger charge is 2.23. The molecule has 114 valence electrons. The first-order valence-corrected chi connectivity index (χ1v) is 7.21. The van der Waals surface area contributed by atoms with Gasteiger partial charge < -0.3 is 14.4 Å². The number of carbonyl (C=O) groups is 1. The molecule has 0 aromatic carbocycles. The molecule has 2 aromatic rings. The van der Waals surface area contributed by atoms with Crippen LogP contribution in [0.3, 0.4) is 0 Å². The lowest BCUT2D eigenvalue weighted by Crippen LogP contribution is -2.13. The van der Waals surface area contributed by atoms with E-state index in [1.165, 1.54) is 0 Å². The molecule has 0 aliphatic carbocycles. The SMILES string of the molecule is CCCCn1cnc2c(OC(C)C)c(C(=O)O)c(C)nc21. The Hall–Kier alpha value is -2.11. The number of unbranched alkanes of at least 4 members (excludes halogenated alkanes) is 1. The molecule has 2 aromatic heterocycles. The van der Waals surface area contributed by atoms with Crippen LogP contribution < -0.4 is 4.74 Å². The highest BCUT2D eigenvalue weighted by atomic mass is 16.5. The fraction of sp³-hybridized carbons (Fsp3) is 0.533. The Bertz CT molecular complexity index is 662. The van der Waals surface area contributed by atoms with Crippen molar-refractivity contribution in [3.8, 4) is 5.75 Å². The topological polar surface area (TPSA) is 77.2 Å². The molecule has 2 heterocycles. The van der Waals surface area contributed by atoms with Crippen LogP contribution in [0.2, 0.25) is 0 Å². The van der Waals surface area contributed by atoms with Gasteiger partial charge in [-0.2, -0.15) is 0 Å². The lowest BCUT2D eigenvalue weighted by Gasteiger charge is -2.14. The van der Waals surface area contributed by atoms with E-state index in [2.05, 4.69) is 16.9 Å². The van der Waals surface area contributed by atoms with E-state index in [-0.39, 0.29) is 11.7 Å². The Kier molecular flexibility index (Phi) is 4.45. The van der Waals surface area contributed by atoms with E-state index in [0.717, 1.165) is 19.4 Å². The molecule has 0 fully saturated rings. The van der Waals surface area contributed by atoms with Gasteiger partial charge in [0.1, 0.15) is 5.56 Å². The summed E-state index contributed by atoms with van der Waals surface area (Å²) in [5.74, 6) is -0.726. The molecule has 0 aliphatic heterocycles. The predicted molar refractivity (Wildman–Crippen MR) is 79.9 cm³/mol. The van der Waals surface area contributed by atoms with Gasteiger partial charge >= 0.3 is 5.97 Å². The van der Waals surface area contributed by atoms with Crippen LogP contribution in [0.4, 0.5) is 0 Å². The second-order valence-corrected chi connectivity index (χ2v) is 5.34. The fourth-order valence-corrected chi connectivity index (χ4v) is 2.25. The largest absolute Gasteiger partial charge is 0.488 e. The van der Waals surface area contributed by atoms with E-state index in [1.807, 2.05) is 18.4 Å². The third-order valence-corrected chi connectivity index (χ3v) is 3.21. The average molecular weight is 291 g/mol. The van der Waals surface area contributed by atoms with Crippen LogP contribution in [-0.2, 0) is 6.54 Å². The number of fused-ring (bicyclic) bond motifs is 1. The predicted octanol–water partition coefficient (Wildman–Crippen LogP) is 3.03. The van der Waals surface area contributed by atoms with Crippen LogP contribution in [0.25, 0.3) is 11.2 Å². The second-order valence-electron chi connectivity index (χ2n) is 5.34. The van der Waals surface area contributed by atoms with Crippen molar-refractivity contribution in [1.29, 1.82) is 0 Å². The van der Waals surface area contributed by atoms with Gasteiger partial charge in [-0.05, 0) is 27.2 Å². The minimum Gasteiger partial charge on any atom is -0.488 e. The summed E-state index contributed by atoms with van der Waals surface area (Å²) in [7, 11) is 0. The molecule has 0 atom stereocenters. The van der Waals surface area contributed by atoms with Crippen molar-refractivity contribution in [3.05, 3.63) is 17.6 Å². The normalized spacial score (nSPS) is 11.3. The number of aromatic carboxylic acids is 1. The van der Waals surface area contributed by atoms with E-state index in [9.17, 15) is 9.90 Å². The quantitative estimate of drug-likeness (QED) is 0.885. The standard InChI is InChI=1S/C15H21N3O3/c1-5-6-7-18-8-16-12-13(21-9(2)3)11(15(19)20)10(4)17-14(12)18/h8-9H,5-7H2,1-4H3,(H,19,20). The van der Waals surface area contributed by atoms with Crippen molar-refractivity contribution in [3.63, 3.8) is 0 Å². The fourth-order valence-electron chi connectivity index (χ4n) is 2.25. The maximum absolute atomic E-state index is 11.5. The first kappa shape index (κ1) is 15.3. The summed E-state index contributed by atoms with van der Waals surface area (Å²) in [6.45, 7) is 8.34. The number of aromatic nitrogens is 3. The molecule has 0 unspecified atom stereocenters. The van der Waals surface area contributed by atoms with Crippen LogP contribution in [0.5, 0.6) is 5.75 Å². The molecule has 2 rings (SSSR count). The Morgan fingerprint density at radius 3 is 2.76 bits per heavy atom. The van der Waals surface area contributed by atoms with Gasteiger partial charge in [-0.3, -0.25) is 0 Å². The van der Waals surface area contributed by atoms with E-state index in [1.54, 1.807) is 13.3 Å². The molecule has 0 saturated carbocycles. The first-order chi connectivity index (χ1) is 9.95. The van der Waals surface area contributed by atoms with Gasteiger partial charge in [-0.25, -0.2) is 14.8 Å². The third kappa shape index (κ3) is 2.99. The van der Waals surface area contributed by atoms with Gasteiger partial charge in [0, 0.05) is 6.54 Å². The minimum absolute atomic E-state index is 0.0944. The van der Waals surface area contributed by atoms with Crippen LogP contribution in [-0.4, -0.2) is 31.7 Å². The second kappa shape index (κ2) is 6.11. The number of aryl methyl sites for hydroxylation is 2. The number of imidazole rings is 1. The molecular formula is C15H21N3O3. The van der Waals surface area contributed by atoms with Crippen molar-refractivity contribution >= 4 is 17.1 Å². The Morgan fingerprint density at radius 2 is 2.19 bits per heavy atom. The summed E-state index contributed by atoms with van der Waals surface area (Å²) in [6, 6.07) is 0. The minimum atomic E-state index is -1.04. The van der Waals surface area contributed by atoms with E-state index < -0.39 is 5.97 Å². The van der Waals surface area contributed by atoms with Crippen LogP contribution >= 0.6 is 0 Å². The molecule has 1 N–H and O–H groups in total. The zero-order chi connectivity index (χ0) is 15.6. The third-order valence-electron chi connectivity index (χ3n) is 3.21. The van der Waals surface area contributed by atoms with Crippen molar-refractivity contribution in [2.45, 2.75) is 53.2 Å². The number of carboxylic acids is 1. The maximum Gasteiger partial charge on any atom is 0.341 e. The summed E-state index contributed by atoms with van der Waals surface area (Å²) in [5.41, 5.74) is 1.74. The summed E-state index contributed by atoms with van der Waals surface area (Å²) in [5, 5.41) is 9.41. The Balaban J connectivity index is 2.64. The molecule has 0 spiro atoms. The van der Waals surface area contributed by atoms with Gasteiger partial charge in [-0.15, -0.1) is 0 Å². The number of nitrogens with zero attached hydrogens (tertiary/aromatic N) is 3. The summed E-state index contributed by atoms with van der Waals surface area (Å²) >= 11 is 0. The Morgan fingerprint density at radius 1 is 1.48 bits per heavy atom. The van der Waals surface area contributed by atoms with Crippen molar-refractivity contribution in [2.75, 3.05) is 0 Å². The van der Waals surface area contributed by atoms with E-state index in [0.29, 0.717) is 22.6 Å². The lowest BCUT2D eigenvalue weighted by molar-refractivity contribution is 0.0689. The monoisotopic (exact) mass is 291 g/mol. The number of rotatable bonds is 6.